The van der Waals surface area contributed by atoms with Gasteiger partial charge < -0.3 is 10.6 Å². The Hall–Kier alpha value is -1.86. The lowest BCUT2D eigenvalue weighted by atomic mass is 9.95. The van der Waals surface area contributed by atoms with Gasteiger partial charge in [0.2, 0.25) is 0 Å². The summed E-state index contributed by atoms with van der Waals surface area (Å²) in [4.78, 5) is 11.8. The van der Waals surface area contributed by atoms with Crippen LogP contribution in [0.2, 0.25) is 0 Å². The second-order valence-electron chi connectivity index (χ2n) is 5.83. The van der Waals surface area contributed by atoms with Crippen LogP contribution in [0.25, 0.3) is 0 Å². The highest BCUT2D eigenvalue weighted by atomic mass is 19.4. The third-order valence-electron chi connectivity index (χ3n) is 4.01. The molecule has 0 radical (unpaired) electrons. The maximum absolute atomic E-state index is 13.1. The van der Waals surface area contributed by atoms with Crippen molar-refractivity contribution in [3.63, 3.8) is 0 Å². The van der Waals surface area contributed by atoms with Crippen molar-refractivity contribution in [1.82, 2.24) is 10.6 Å². The fourth-order valence-corrected chi connectivity index (χ4v) is 2.37. The van der Waals surface area contributed by atoms with E-state index in [9.17, 15) is 26.7 Å². The molecule has 1 aliphatic rings. The minimum Gasteiger partial charge on any atom is -0.334 e. The number of hydrogen-bond donors (Lipinski definition) is 2. The fraction of sp³-hybridized carbons (Fsp3) is 0.533. The first-order valence-corrected chi connectivity index (χ1v) is 7.13. The largest absolute Gasteiger partial charge is 0.411 e. The molecule has 8 heteroatoms. The molecule has 0 spiro atoms. The second-order valence-corrected chi connectivity index (χ2v) is 5.83. The average Bonchev–Trinajstić information content (AvgIpc) is 3.29. The van der Waals surface area contributed by atoms with Crippen molar-refractivity contribution in [3.05, 3.63) is 35.4 Å². The van der Waals surface area contributed by atoms with Gasteiger partial charge in [-0.3, -0.25) is 0 Å². The zero-order valence-electron chi connectivity index (χ0n) is 12.4. The van der Waals surface area contributed by atoms with Crippen LogP contribution in [0.5, 0.6) is 0 Å². The summed E-state index contributed by atoms with van der Waals surface area (Å²) >= 11 is 0. The van der Waals surface area contributed by atoms with E-state index < -0.39 is 30.1 Å². The zero-order valence-corrected chi connectivity index (χ0v) is 12.4. The van der Waals surface area contributed by atoms with Crippen LogP contribution in [0.1, 0.15) is 37.3 Å². The predicted molar refractivity (Wildman–Crippen MR) is 74.0 cm³/mol. The van der Waals surface area contributed by atoms with Crippen molar-refractivity contribution in [2.75, 3.05) is 0 Å². The maximum Gasteiger partial charge on any atom is 0.411 e. The van der Waals surface area contributed by atoms with E-state index in [0.29, 0.717) is 18.4 Å². The summed E-state index contributed by atoms with van der Waals surface area (Å²) in [5.41, 5.74) is -2.09. The van der Waals surface area contributed by atoms with Crippen molar-refractivity contribution in [1.29, 1.82) is 0 Å². The van der Waals surface area contributed by atoms with Crippen LogP contribution in [0, 0.1) is 5.92 Å². The van der Waals surface area contributed by atoms with Crippen LogP contribution >= 0.6 is 0 Å². The molecule has 3 nitrogen and oxygen atoms in total. The molecular formula is C15H17F5N2O. The van der Waals surface area contributed by atoms with Crippen molar-refractivity contribution in [2.45, 2.75) is 44.5 Å². The van der Waals surface area contributed by atoms with Gasteiger partial charge in [-0.2, -0.15) is 13.2 Å². The molecule has 23 heavy (non-hydrogen) atoms. The number of rotatable bonds is 5. The van der Waals surface area contributed by atoms with Crippen LogP contribution in [-0.4, -0.2) is 17.7 Å². The van der Waals surface area contributed by atoms with E-state index in [1.807, 2.05) is 5.32 Å². The number of hydrogen-bond acceptors (Lipinski definition) is 1. The first-order valence-electron chi connectivity index (χ1n) is 7.13. The SMILES string of the molecule is CC(NC(=O)NCc1cccc(C(F)F)c1)(C1CC1)C(F)(F)F. The number of benzene rings is 1. The third kappa shape index (κ3) is 4.11. The Morgan fingerprint density at radius 2 is 1.96 bits per heavy atom. The Balaban J connectivity index is 1.96. The fourth-order valence-electron chi connectivity index (χ4n) is 2.37. The zero-order chi connectivity index (χ0) is 17.3. The van der Waals surface area contributed by atoms with Gasteiger partial charge in [0.05, 0.1) is 0 Å². The lowest BCUT2D eigenvalue weighted by Gasteiger charge is -2.33. The second kappa shape index (κ2) is 6.33. The maximum atomic E-state index is 13.1. The summed E-state index contributed by atoms with van der Waals surface area (Å²) in [5.74, 6) is -0.629. The summed E-state index contributed by atoms with van der Waals surface area (Å²) in [5, 5.41) is 4.26. The number of halogens is 5. The summed E-state index contributed by atoms with van der Waals surface area (Å²) in [6.45, 7) is 0.826. The lowest BCUT2D eigenvalue weighted by molar-refractivity contribution is -0.194. The Morgan fingerprint density at radius 3 is 2.48 bits per heavy atom. The Labute approximate surface area is 130 Å². The highest BCUT2D eigenvalue weighted by molar-refractivity contribution is 5.75. The van der Waals surface area contributed by atoms with Gasteiger partial charge in [-0.1, -0.05) is 18.2 Å². The minimum atomic E-state index is -4.55. The number of nitrogens with one attached hydrogen (secondary N) is 2. The van der Waals surface area contributed by atoms with Gasteiger partial charge >= 0.3 is 12.2 Å². The Morgan fingerprint density at radius 1 is 1.30 bits per heavy atom. The highest BCUT2D eigenvalue weighted by Crippen LogP contribution is 2.47. The number of urea groups is 1. The number of alkyl halides is 5. The molecule has 128 valence electrons. The molecule has 1 unspecified atom stereocenters. The molecule has 0 aliphatic heterocycles. The quantitative estimate of drug-likeness (QED) is 0.779. The van der Waals surface area contributed by atoms with E-state index in [1.165, 1.54) is 24.3 Å². The van der Waals surface area contributed by atoms with Crippen molar-refractivity contribution >= 4 is 6.03 Å². The Kier molecular flexibility index (Phi) is 4.81. The van der Waals surface area contributed by atoms with E-state index in [0.717, 1.165) is 6.92 Å². The molecule has 1 atom stereocenters. The molecule has 0 bridgehead atoms. The van der Waals surface area contributed by atoms with Gasteiger partial charge in [0, 0.05) is 12.1 Å². The molecule has 0 aromatic heterocycles. The van der Waals surface area contributed by atoms with Gasteiger partial charge in [0.1, 0.15) is 5.54 Å². The molecular weight excluding hydrogens is 319 g/mol. The summed E-state index contributed by atoms with van der Waals surface area (Å²) in [7, 11) is 0. The molecule has 1 fully saturated rings. The molecule has 0 saturated heterocycles. The van der Waals surface area contributed by atoms with Crippen LogP contribution < -0.4 is 10.6 Å². The monoisotopic (exact) mass is 336 g/mol. The molecule has 1 aromatic carbocycles. The van der Waals surface area contributed by atoms with Gasteiger partial charge in [-0.25, -0.2) is 13.6 Å². The summed E-state index contributed by atoms with van der Waals surface area (Å²) in [6, 6.07) is 4.38. The first kappa shape index (κ1) is 17.5. The van der Waals surface area contributed by atoms with Crippen molar-refractivity contribution in [2.24, 2.45) is 5.92 Å². The van der Waals surface area contributed by atoms with Crippen LogP contribution in [0.15, 0.2) is 24.3 Å². The average molecular weight is 336 g/mol. The van der Waals surface area contributed by atoms with Crippen molar-refractivity contribution in [3.8, 4) is 0 Å². The van der Waals surface area contributed by atoms with Gasteiger partial charge in [-0.05, 0) is 37.3 Å². The van der Waals surface area contributed by atoms with Crippen LogP contribution in [0.4, 0.5) is 26.7 Å². The van der Waals surface area contributed by atoms with Crippen LogP contribution in [0.3, 0.4) is 0 Å². The van der Waals surface area contributed by atoms with Gasteiger partial charge in [0.15, 0.2) is 0 Å². The van der Waals surface area contributed by atoms with E-state index in [1.54, 1.807) is 0 Å². The highest BCUT2D eigenvalue weighted by Gasteiger charge is 2.60. The lowest BCUT2D eigenvalue weighted by Crippen LogP contribution is -2.60. The van der Waals surface area contributed by atoms with E-state index in [-0.39, 0.29) is 12.1 Å². The van der Waals surface area contributed by atoms with Crippen molar-refractivity contribution < 1.29 is 26.7 Å². The minimum absolute atomic E-state index is 0.134. The number of carbonyl (C=O) groups excluding carboxylic acids is 1. The molecule has 1 aromatic rings. The number of carbonyl (C=O) groups is 1. The first-order chi connectivity index (χ1) is 10.6. The van der Waals surface area contributed by atoms with E-state index >= 15 is 0 Å². The molecule has 2 rings (SSSR count). The number of amides is 2. The summed E-state index contributed by atoms with van der Waals surface area (Å²) < 4.78 is 64.5. The van der Waals surface area contributed by atoms with E-state index in [2.05, 4.69) is 5.32 Å². The van der Waals surface area contributed by atoms with Gasteiger partial charge in [0.25, 0.3) is 6.43 Å². The van der Waals surface area contributed by atoms with Crippen LogP contribution in [-0.2, 0) is 6.54 Å². The normalized spacial score (nSPS) is 17.7. The topological polar surface area (TPSA) is 41.1 Å². The third-order valence-corrected chi connectivity index (χ3v) is 4.01. The standard InChI is InChI=1S/C15H17F5N2O/c1-14(11-5-6-11,15(18,19)20)22-13(23)21-8-9-3-2-4-10(7-9)12(16)17/h2-4,7,11-12H,5-6,8H2,1H3,(H2,21,22,23). The molecule has 1 aliphatic carbocycles. The summed E-state index contributed by atoms with van der Waals surface area (Å²) in [6.07, 6.45) is -6.38. The Bertz CT molecular complexity index is 571. The van der Waals surface area contributed by atoms with E-state index in [4.69, 9.17) is 0 Å². The molecule has 0 heterocycles. The molecule has 1 saturated carbocycles. The van der Waals surface area contributed by atoms with Gasteiger partial charge in [-0.15, -0.1) is 0 Å². The molecule has 2 N–H and O–H groups in total. The molecule has 2 amide bonds. The predicted octanol–water partition coefficient (Wildman–Crippen LogP) is 4.15. The smallest absolute Gasteiger partial charge is 0.334 e.